The van der Waals surface area contributed by atoms with Crippen molar-refractivity contribution in [3.8, 4) is 22.6 Å². The number of hydrogen-bond acceptors (Lipinski definition) is 2. The fourth-order valence-corrected chi connectivity index (χ4v) is 1.89. The smallest absolute Gasteiger partial charge is 0.182 e. The first-order chi connectivity index (χ1) is 8.86. The van der Waals surface area contributed by atoms with Crippen molar-refractivity contribution in [1.82, 2.24) is 4.98 Å². The Morgan fingerprint density at radius 1 is 0.889 bits per heavy atom. The van der Waals surface area contributed by atoms with Gasteiger partial charge in [0.2, 0.25) is 0 Å². The van der Waals surface area contributed by atoms with Gasteiger partial charge in [0, 0.05) is 11.1 Å². The number of benzene rings is 2. The summed E-state index contributed by atoms with van der Waals surface area (Å²) in [6.45, 7) is 0. The lowest BCUT2D eigenvalue weighted by molar-refractivity contribution is 0.572. The number of rotatable bonds is 2. The number of nitrogens with zero attached hydrogens (tertiary/aromatic N) is 1. The second kappa shape index (κ2) is 4.45. The minimum absolute atomic E-state index is 0.302. The van der Waals surface area contributed by atoms with Gasteiger partial charge in [-0.1, -0.05) is 42.5 Å². The topological polar surface area (TPSA) is 26.0 Å². The number of halogens is 1. The van der Waals surface area contributed by atoms with Crippen LogP contribution in [0.3, 0.4) is 0 Å². The maximum Gasteiger partial charge on any atom is 0.182 e. The second-order valence-corrected chi connectivity index (χ2v) is 3.88. The van der Waals surface area contributed by atoms with Crippen LogP contribution in [0.25, 0.3) is 22.6 Å². The highest BCUT2D eigenvalue weighted by Crippen LogP contribution is 2.31. The molecule has 3 rings (SSSR count). The van der Waals surface area contributed by atoms with Crippen LogP contribution in [0.1, 0.15) is 0 Å². The highest BCUT2D eigenvalue weighted by atomic mass is 19.1. The van der Waals surface area contributed by atoms with E-state index in [0.29, 0.717) is 17.0 Å². The summed E-state index contributed by atoms with van der Waals surface area (Å²) in [5, 5.41) is 0. The van der Waals surface area contributed by atoms with Crippen LogP contribution < -0.4 is 0 Å². The van der Waals surface area contributed by atoms with Gasteiger partial charge in [-0.05, 0) is 12.1 Å². The van der Waals surface area contributed by atoms with Crippen molar-refractivity contribution in [3.63, 3.8) is 0 Å². The molecule has 0 fully saturated rings. The van der Waals surface area contributed by atoms with Crippen LogP contribution in [0.5, 0.6) is 0 Å². The zero-order valence-corrected chi connectivity index (χ0v) is 9.51. The number of hydrogen-bond donors (Lipinski definition) is 0. The van der Waals surface area contributed by atoms with Gasteiger partial charge in [0.05, 0.1) is 0 Å². The molecule has 0 aliphatic carbocycles. The van der Waals surface area contributed by atoms with E-state index in [4.69, 9.17) is 4.42 Å². The molecule has 0 aliphatic heterocycles. The summed E-state index contributed by atoms with van der Waals surface area (Å²) in [4.78, 5) is 4.12. The minimum atomic E-state index is -0.302. The molecule has 0 N–H and O–H groups in total. The fourth-order valence-electron chi connectivity index (χ4n) is 1.89. The lowest BCUT2D eigenvalue weighted by Gasteiger charge is -2.02. The lowest BCUT2D eigenvalue weighted by Crippen LogP contribution is -1.86. The molecule has 3 heteroatoms. The molecule has 0 atom stereocenters. The predicted octanol–water partition coefficient (Wildman–Crippen LogP) is 4.15. The first-order valence-corrected chi connectivity index (χ1v) is 5.60. The molecular formula is C15H10FNO. The van der Waals surface area contributed by atoms with Gasteiger partial charge in [-0.3, -0.25) is 0 Å². The molecular weight excluding hydrogens is 229 g/mol. The van der Waals surface area contributed by atoms with Crippen molar-refractivity contribution in [2.24, 2.45) is 0 Å². The van der Waals surface area contributed by atoms with E-state index in [1.807, 2.05) is 30.3 Å². The van der Waals surface area contributed by atoms with E-state index >= 15 is 0 Å². The van der Waals surface area contributed by atoms with Crippen LogP contribution >= 0.6 is 0 Å². The zero-order chi connectivity index (χ0) is 12.4. The Morgan fingerprint density at radius 3 is 2.39 bits per heavy atom. The summed E-state index contributed by atoms with van der Waals surface area (Å²) in [7, 11) is 0. The van der Waals surface area contributed by atoms with Crippen molar-refractivity contribution in [2.45, 2.75) is 0 Å². The minimum Gasteiger partial charge on any atom is -0.443 e. The fraction of sp³-hybridized carbons (Fsp3) is 0. The highest BCUT2D eigenvalue weighted by molar-refractivity contribution is 5.76. The van der Waals surface area contributed by atoms with E-state index in [-0.39, 0.29) is 5.82 Å². The molecule has 0 amide bonds. The third-order valence-corrected chi connectivity index (χ3v) is 2.73. The van der Waals surface area contributed by atoms with Crippen molar-refractivity contribution < 1.29 is 8.81 Å². The third-order valence-electron chi connectivity index (χ3n) is 2.73. The van der Waals surface area contributed by atoms with Gasteiger partial charge in [0.1, 0.15) is 11.5 Å². The normalized spacial score (nSPS) is 10.5. The Morgan fingerprint density at radius 2 is 1.61 bits per heavy atom. The summed E-state index contributed by atoms with van der Waals surface area (Å²) in [5.41, 5.74) is 1.86. The number of oxazole rings is 1. The van der Waals surface area contributed by atoms with Crippen LogP contribution in [0.15, 0.2) is 65.4 Å². The lowest BCUT2D eigenvalue weighted by atomic mass is 10.1. The van der Waals surface area contributed by atoms with Crippen molar-refractivity contribution >= 4 is 0 Å². The van der Waals surface area contributed by atoms with Gasteiger partial charge in [-0.15, -0.1) is 0 Å². The highest BCUT2D eigenvalue weighted by Gasteiger charge is 2.15. The quantitative estimate of drug-likeness (QED) is 0.671. The molecule has 0 bridgehead atoms. The first kappa shape index (κ1) is 10.7. The number of aromatic nitrogens is 1. The van der Waals surface area contributed by atoms with Crippen molar-refractivity contribution in [1.29, 1.82) is 0 Å². The van der Waals surface area contributed by atoms with E-state index in [2.05, 4.69) is 4.98 Å². The maximum absolute atomic E-state index is 13.8. The van der Waals surface area contributed by atoms with Gasteiger partial charge in [-0.25, -0.2) is 9.37 Å². The molecule has 2 nitrogen and oxygen atoms in total. The Labute approximate surface area is 104 Å². The van der Waals surface area contributed by atoms with Crippen LogP contribution in [0.2, 0.25) is 0 Å². The predicted molar refractivity (Wildman–Crippen MR) is 67.3 cm³/mol. The average molecular weight is 239 g/mol. The summed E-state index contributed by atoms with van der Waals surface area (Å²) in [6, 6.07) is 16.1. The summed E-state index contributed by atoms with van der Waals surface area (Å²) in [6.07, 6.45) is 1.34. The molecule has 1 heterocycles. The van der Waals surface area contributed by atoms with E-state index < -0.39 is 0 Å². The molecule has 0 spiro atoms. The van der Waals surface area contributed by atoms with Gasteiger partial charge in [-0.2, -0.15) is 0 Å². The monoisotopic (exact) mass is 239 g/mol. The van der Waals surface area contributed by atoms with E-state index in [1.54, 1.807) is 18.2 Å². The Bertz CT molecular complexity index is 661. The average Bonchev–Trinajstić information content (AvgIpc) is 2.89. The molecule has 0 saturated carbocycles. The second-order valence-electron chi connectivity index (χ2n) is 3.88. The van der Waals surface area contributed by atoms with Crippen LogP contribution in [0, 0.1) is 5.82 Å². The zero-order valence-electron chi connectivity index (χ0n) is 9.51. The van der Waals surface area contributed by atoms with Gasteiger partial charge in [0.25, 0.3) is 0 Å². The van der Waals surface area contributed by atoms with Crippen LogP contribution in [0.4, 0.5) is 4.39 Å². The van der Waals surface area contributed by atoms with Crippen LogP contribution in [-0.2, 0) is 0 Å². The molecule has 0 radical (unpaired) electrons. The Balaban J connectivity index is 2.16. The molecule has 2 aromatic carbocycles. The molecule has 0 aliphatic rings. The van der Waals surface area contributed by atoms with Gasteiger partial charge in [0.15, 0.2) is 12.2 Å². The standard InChI is InChI=1S/C15H10FNO/c16-13-9-5-4-8-12(13)14-15(18-10-17-14)11-6-2-1-3-7-11/h1-10H. The molecule has 0 saturated heterocycles. The summed E-state index contributed by atoms with van der Waals surface area (Å²) in [5.74, 6) is 0.282. The van der Waals surface area contributed by atoms with Crippen molar-refractivity contribution in [2.75, 3.05) is 0 Å². The Hall–Kier alpha value is -2.42. The van der Waals surface area contributed by atoms with Crippen molar-refractivity contribution in [3.05, 3.63) is 66.8 Å². The van der Waals surface area contributed by atoms with E-state index in [1.165, 1.54) is 12.5 Å². The molecule has 18 heavy (non-hydrogen) atoms. The van der Waals surface area contributed by atoms with Gasteiger partial charge < -0.3 is 4.42 Å². The maximum atomic E-state index is 13.8. The van der Waals surface area contributed by atoms with E-state index in [9.17, 15) is 4.39 Å². The molecule has 3 aromatic rings. The Kier molecular flexibility index (Phi) is 2.65. The van der Waals surface area contributed by atoms with Crippen LogP contribution in [-0.4, -0.2) is 4.98 Å². The molecule has 1 aromatic heterocycles. The molecule has 0 unspecified atom stereocenters. The first-order valence-electron chi connectivity index (χ1n) is 5.60. The summed E-state index contributed by atoms with van der Waals surface area (Å²) < 4.78 is 19.1. The largest absolute Gasteiger partial charge is 0.443 e. The summed E-state index contributed by atoms with van der Waals surface area (Å²) >= 11 is 0. The van der Waals surface area contributed by atoms with Gasteiger partial charge >= 0.3 is 0 Å². The van der Waals surface area contributed by atoms with E-state index in [0.717, 1.165) is 5.56 Å². The third kappa shape index (κ3) is 1.80. The molecule has 88 valence electrons. The SMILES string of the molecule is Fc1ccccc1-c1ncoc1-c1ccccc1.